The highest BCUT2D eigenvalue weighted by Gasteiger charge is 2.25. The Labute approximate surface area is 193 Å². The van der Waals surface area contributed by atoms with Crippen LogP contribution in [0.25, 0.3) is 11.3 Å². The maximum atomic E-state index is 14.8. The smallest absolute Gasteiger partial charge is 0.300 e. The van der Waals surface area contributed by atoms with E-state index in [4.69, 9.17) is 9.15 Å². The molecule has 1 aromatic carbocycles. The molecule has 2 aliphatic heterocycles. The molecule has 174 valence electrons. The number of halogens is 1. The average Bonchev–Trinajstić information content (AvgIpc) is 3.28. The summed E-state index contributed by atoms with van der Waals surface area (Å²) < 4.78 is 26.0. The fraction of sp³-hybridized carbons (Fsp3) is 0.440. The summed E-state index contributed by atoms with van der Waals surface area (Å²) in [6, 6.07) is 7.98. The molecule has 1 fully saturated rings. The molecule has 7 nitrogen and oxygen atoms in total. The number of nitrogens with one attached hydrogen (secondary N) is 1. The maximum absolute atomic E-state index is 14.8. The number of aromatic nitrogens is 2. The molecule has 0 spiro atoms. The molecule has 2 aromatic heterocycles. The number of hydrogen-bond acceptors (Lipinski definition) is 7. The number of fused-ring (bicyclic) bond motifs is 1. The van der Waals surface area contributed by atoms with Gasteiger partial charge in [0.15, 0.2) is 11.6 Å². The van der Waals surface area contributed by atoms with Gasteiger partial charge in [-0.15, -0.1) is 0 Å². The largest absolute Gasteiger partial charge is 0.486 e. The Hall–Kier alpha value is -3.13. The van der Waals surface area contributed by atoms with Crippen LogP contribution in [-0.4, -0.2) is 54.2 Å². The minimum absolute atomic E-state index is 0.236. The first-order chi connectivity index (χ1) is 16.0. The summed E-state index contributed by atoms with van der Waals surface area (Å²) in [6.45, 7) is 7.61. The summed E-state index contributed by atoms with van der Waals surface area (Å²) in [5.74, 6) is 1.13. The van der Waals surface area contributed by atoms with E-state index in [0.717, 1.165) is 38.2 Å². The predicted octanol–water partition coefficient (Wildman–Crippen LogP) is 5.04. The lowest BCUT2D eigenvalue weighted by Gasteiger charge is -2.34. The second kappa shape index (κ2) is 9.02. The zero-order valence-corrected chi connectivity index (χ0v) is 19.3. The first-order valence-electron chi connectivity index (χ1n) is 11.6. The van der Waals surface area contributed by atoms with E-state index in [1.54, 1.807) is 0 Å². The molecule has 1 saturated heterocycles. The SMILES string of the molecule is CC(C)N1CCOc2c(F)cc(-c3coc(Nc4ccc(C5CCN(C)CC5)cn4)n3)cc21. The second-order valence-corrected chi connectivity index (χ2v) is 9.16. The Kier molecular flexibility index (Phi) is 5.93. The van der Waals surface area contributed by atoms with Crippen LogP contribution in [0.15, 0.2) is 41.1 Å². The zero-order chi connectivity index (χ0) is 22.9. The van der Waals surface area contributed by atoms with E-state index in [0.29, 0.717) is 41.4 Å². The summed E-state index contributed by atoms with van der Waals surface area (Å²) in [5.41, 5.74) is 3.21. The molecule has 0 saturated carbocycles. The lowest BCUT2D eigenvalue weighted by atomic mass is 9.91. The summed E-state index contributed by atoms with van der Waals surface area (Å²) in [7, 11) is 2.17. The van der Waals surface area contributed by atoms with Crippen molar-refractivity contribution in [2.75, 3.05) is 43.5 Å². The molecule has 33 heavy (non-hydrogen) atoms. The van der Waals surface area contributed by atoms with Crippen molar-refractivity contribution in [3.8, 4) is 17.0 Å². The standard InChI is InChI=1S/C25H30FN5O2/c1-16(2)31-10-11-32-24-20(26)12-19(13-22(24)31)21-15-33-25(28-21)29-23-5-4-18(14-27-23)17-6-8-30(3)9-7-17/h4-5,12-17H,6-11H2,1-3H3,(H,27,28,29). The molecule has 5 rings (SSSR count). The Balaban J connectivity index is 1.32. The van der Waals surface area contributed by atoms with Crippen molar-refractivity contribution in [2.24, 2.45) is 0 Å². The molecule has 0 amide bonds. The molecule has 1 N–H and O–H groups in total. The van der Waals surface area contributed by atoms with Crippen LogP contribution >= 0.6 is 0 Å². The number of benzene rings is 1. The van der Waals surface area contributed by atoms with Gasteiger partial charge in [0.25, 0.3) is 0 Å². The van der Waals surface area contributed by atoms with E-state index in [1.807, 2.05) is 18.3 Å². The van der Waals surface area contributed by atoms with Crippen molar-refractivity contribution in [3.05, 3.63) is 48.1 Å². The van der Waals surface area contributed by atoms with E-state index in [9.17, 15) is 4.39 Å². The first-order valence-corrected chi connectivity index (χ1v) is 11.6. The summed E-state index contributed by atoms with van der Waals surface area (Å²) >= 11 is 0. The zero-order valence-electron chi connectivity index (χ0n) is 19.3. The van der Waals surface area contributed by atoms with Gasteiger partial charge in [-0.3, -0.25) is 5.32 Å². The Morgan fingerprint density at radius 3 is 2.70 bits per heavy atom. The number of pyridine rings is 1. The molecule has 3 aromatic rings. The Morgan fingerprint density at radius 2 is 1.97 bits per heavy atom. The van der Waals surface area contributed by atoms with Crippen LogP contribution in [0.4, 0.5) is 21.9 Å². The quantitative estimate of drug-likeness (QED) is 0.583. The van der Waals surface area contributed by atoms with Gasteiger partial charge in [-0.2, -0.15) is 4.98 Å². The van der Waals surface area contributed by atoms with E-state index >= 15 is 0 Å². The van der Waals surface area contributed by atoms with Gasteiger partial charge in [0, 0.05) is 17.8 Å². The third-order valence-electron chi connectivity index (χ3n) is 6.55. The number of ether oxygens (including phenoxy) is 1. The Morgan fingerprint density at radius 1 is 1.15 bits per heavy atom. The van der Waals surface area contributed by atoms with Gasteiger partial charge >= 0.3 is 6.01 Å². The summed E-state index contributed by atoms with van der Waals surface area (Å²) in [4.78, 5) is 13.6. The average molecular weight is 452 g/mol. The molecule has 8 heteroatoms. The lowest BCUT2D eigenvalue weighted by Crippen LogP contribution is -2.38. The molecule has 0 aliphatic carbocycles. The highest BCUT2D eigenvalue weighted by molar-refractivity contribution is 5.72. The number of hydrogen-bond donors (Lipinski definition) is 1. The molecule has 4 heterocycles. The molecular formula is C25H30FN5O2. The van der Waals surface area contributed by atoms with E-state index < -0.39 is 5.82 Å². The maximum Gasteiger partial charge on any atom is 0.300 e. The van der Waals surface area contributed by atoms with Crippen LogP contribution in [0.3, 0.4) is 0 Å². The predicted molar refractivity (Wildman–Crippen MR) is 127 cm³/mol. The first kappa shape index (κ1) is 21.7. The molecule has 0 atom stereocenters. The molecule has 0 bridgehead atoms. The van der Waals surface area contributed by atoms with Crippen molar-refractivity contribution in [1.29, 1.82) is 0 Å². The van der Waals surface area contributed by atoms with Crippen LogP contribution in [0, 0.1) is 5.82 Å². The van der Waals surface area contributed by atoms with Gasteiger partial charge in [-0.1, -0.05) is 6.07 Å². The normalized spacial score (nSPS) is 17.2. The third kappa shape index (κ3) is 4.53. The van der Waals surface area contributed by atoms with Crippen LogP contribution < -0.4 is 15.0 Å². The number of anilines is 3. The van der Waals surface area contributed by atoms with Crippen LogP contribution in [0.1, 0.15) is 38.2 Å². The minimum atomic E-state index is -0.392. The molecule has 0 radical (unpaired) electrons. The topological polar surface area (TPSA) is 66.7 Å². The summed E-state index contributed by atoms with van der Waals surface area (Å²) in [6.07, 6.45) is 5.77. The Bertz CT molecular complexity index is 1110. The molecular weight excluding hydrogens is 421 g/mol. The number of piperidine rings is 1. The third-order valence-corrected chi connectivity index (χ3v) is 6.55. The van der Waals surface area contributed by atoms with Crippen molar-refractivity contribution in [2.45, 2.75) is 38.6 Å². The van der Waals surface area contributed by atoms with Gasteiger partial charge in [-0.25, -0.2) is 9.37 Å². The fourth-order valence-corrected chi connectivity index (χ4v) is 4.62. The monoisotopic (exact) mass is 451 g/mol. The molecule has 2 aliphatic rings. The number of oxazole rings is 1. The van der Waals surface area contributed by atoms with Gasteiger partial charge in [0.2, 0.25) is 0 Å². The fourth-order valence-electron chi connectivity index (χ4n) is 4.62. The number of rotatable bonds is 5. The molecule has 0 unspecified atom stereocenters. The second-order valence-electron chi connectivity index (χ2n) is 9.16. The van der Waals surface area contributed by atoms with E-state index in [1.165, 1.54) is 17.9 Å². The summed E-state index contributed by atoms with van der Waals surface area (Å²) in [5, 5.41) is 3.11. The minimum Gasteiger partial charge on any atom is -0.486 e. The van der Waals surface area contributed by atoms with Crippen LogP contribution in [0.5, 0.6) is 5.75 Å². The van der Waals surface area contributed by atoms with Crippen LogP contribution in [-0.2, 0) is 0 Å². The van der Waals surface area contributed by atoms with Gasteiger partial charge < -0.3 is 19.0 Å². The number of nitrogens with zero attached hydrogens (tertiary/aromatic N) is 4. The van der Waals surface area contributed by atoms with E-state index in [2.05, 4.69) is 52.0 Å². The highest BCUT2D eigenvalue weighted by atomic mass is 19.1. The van der Waals surface area contributed by atoms with E-state index in [-0.39, 0.29) is 6.04 Å². The van der Waals surface area contributed by atoms with Crippen molar-refractivity contribution in [3.63, 3.8) is 0 Å². The van der Waals surface area contributed by atoms with Crippen LogP contribution in [0.2, 0.25) is 0 Å². The van der Waals surface area contributed by atoms with Crippen molar-refractivity contribution >= 4 is 17.5 Å². The van der Waals surface area contributed by atoms with Crippen molar-refractivity contribution in [1.82, 2.24) is 14.9 Å². The van der Waals surface area contributed by atoms with Gasteiger partial charge in [0.1, 0.15) is 24.4 Å². The van der Waals surface area contributed by atoms with Gasteiger partial charge in [0.05, 0.1) is 12.2 Å². The van der Waals surface area contributed by atoms with Gasteiger partial charge in [-0.05, 0) is 76.5 Å². The number of likely N-dealkylation sites (tertiary alicyclic amines) is 1. The van der Waals surface area contributed by atoms with Crippen molar-refractivity contribution < 1.29 is 13.5 Å². The highest BCUT2D eigenvalue weighted by Crippen LogP contribution is 2.39. The lowest BCUT2D eigenvalue weighted by molar-refractivity contribution is 0.255.